The Bertz CT molecular complexity index is 2210. The second-order valence-electron chi connectivity index (χ2n) is 11.6. The summed E-state index contributed by atoms with van der Waals surface area (Å²) in [5.41, 5.74) is 10.3. The van der Waals surface area contributed by atoms with Gasteiger partial charge in [0.1, 0.15) is 0 Å². The van der Waals surface area contributed by atoms with Crippen LogP contribution in [0.1, 0.15) is 23.2 Å². The predicted molar refractivity (Wildman–Crippen MR) is 185 cm³/mol. The van der Waals surface area contributed by atoms with E-state index in [0.717, 1.165) is 85.7 Å². The lowest BCUT2D eigenvalue weighted by Gasteiger charge is -2.14. The molecule has 2 aromatic heterocycles. The number of allylic oxidation sites excluding steroid dienone is 4. The van der Waals surface area contributed by atoms with E-state index in [1.165, 1.54) is 0 Å². The molecule has 3 aliphatic rings. The Hall–Kier alpha value is -6.08. The number of aromatic nitrogens is 3. The van der Waals surface area contributed by atoms with E-state index in [0.29, 0.717) is 5.82 Å². The molecule has 9 rings (SSSR count). The van der Waals surface area contributed by atoms with Crippen LogP contribution >= 0.6 is 0 Å². The molecule has 6 aromatic rings. The molecule has 0 radical (unpaired) electrons. The molecule has 0 saturated heterocycles. The van der Waals surface area contributed by atoms with Crippen LogP contribution in [0.3, 0.4) is 0 Å². The minimum Gasteiger partial charge on any atom is -0.464 e. The molecule has 222 valence electrons. The maximum absolute atomic E-state index is 6.60. The third-order valence-corrected chi connectivity index (χ3v) is 8.76. The summed E-state index contributed by atoms with van der Waals surface area (Å²) in [6, 6.07) is 33.8. The molecular formula is C39H30N6O. The van der Waals surface area contributed by atoms with E-state index in [9.17, 15) is 0 Å². The smallest absolute Gasteiger partial charge is 0.196 e. The van der Waals surface area contributed by atoms with Gasteiger partial charge in [-0.25, -0.2) is 9.97 Å². The fourth-order valence-corrected chi connectivity index (χ4v) is 6.53. The van der Waals surface area contributed by atoms with E-state index in [1.807, 2.05) is 30.6 Å². The first-order valence-electron chi connectivity index (χ1n) is 15.6. The average Bonchev–Trinajstić information content (AvgIpc) is 3.72. The predicted octanol–water partition coefficient (Wildman–Crippen LogP) is 7.74. The molecule has 3 N–H and O–H groups in total. The SMILES string of the molecule is C1=CC(c2cc(C3=CCNC=C3)nc(-c3ccc(-n4c5ccccc5c5c6c(ccc54)NC(c4ccccc4)O6)cc3)n2)=CCN1. The summed E-state index contributed by atoms with van der Waals surface area (Å²) in [5.74, 6) is 1.59. The van der Waals surface area contributed by atoms with Crippen LogP contribution in [0.5, 0.6) is 5.75 Å². The van der Waals surface area contributed by atoms with Gasteiger partial charge in [-0.2, -0.15) is 0 Å². The van der Waals surface area contributed by atoms with Crippen molar-refractivity contribution in [2.75, 3.05) is 18.4 Å². The average molecular weight is 599 g/mol. The molecule has 5 heterocycles. The van der Waals surface area contributed by atoms with Crippen LogP contribution in [-0.2, 0) is 0 Å². The fourth-order valence-electron chi connectivity index (χ4n) is 6.53. The standard InChI is InChI=1S/C39H30N6O/c1-2-6-28(7-3-1)39-44-31-14-15-35-36(37(31)46-39)30-8-4-5-9-34(30)45(35)29-12-10-27(11-13-29)38-42-32(25-16-20-40-21-17-25)24-33(43-38)26-18-22-41-23-19-26/h1-20,22,24,39-41,44H,21,23H2. The van der Waals surface area contributed by atoms with Gasteiger partial charge in [-0.1, -0.05) is 60.7 Å². The van der Waals surface area contributed by atoms with Gasteiger partial charge in [0.2, 0.25) is 0 Å². The molecule has 46 heavy (non-hydrogen) atoms. The number of hydrogen-bond donors (Lipinski definition) is 3. The van der Waals surface area contributed by atoms with Gasteiger partial charge in [0.05, 0.1) is 33.5 Å². The van der Waals surface area contributed by atoms with E-state index in [-0.39, 0.29) is 6.23 Å². The molecule has 4 aromatic carbocycles. The monoisotopic (exact) mass is 598 g/mol. The summed E-state index contributed by atoms with van der Waals surface area (Å²) in [6.45, 7) is 1.55. The summed E-state index contributed by atoms with van der Waals surface area (Å²) in [5, 5.41) is 12.3. The van der Waals surface area contributed by atoms with Crippen molar-refractivity contribution < 1.29 is 4.74 Å². The number of para-hydroxylation sites is 1. The molecule has 0 aliphatic carbocycles. The van der Waals surface area contributed by atoms with Gasteiger partial charge in [-0.15, -0.1) is 0 Å². The number of dihydropyridines is 2. The first-order chi connectivity index (χ1) is 22.8. The van der Waals surface area contributed by atoms with Crippen molar-refractivity contribution in [3.05, 3.63) is 151 Å². The van der Waals surface area contributed by atoms with E-state index >= 15 is 0 Å². The molecule has 3 aliphatic heterocycles. The zero-order valence-electron chi connectivity index (χ0n) is 24.9. The highest BCUT2D eigenvalue weighted by molar-refractivity contribution is 6.14. The Kier molecular flexibility index (Phi) is 6.19. The lowest BCUT2D eigenvalue weighted by molar-refractivity contribution is 0.263. The van der Waals surface area contributed by atoms with Crippen LogP contribution in [0.15, 0.2) is 134 Å². The topological polar surface area (TPSA) is 76.0 Å². The molecule has 0 bridgehead atoms. The van der Waals surface area contributed by atoms with Crippen LogP contribution in [0.4, 0.5) is 5.69 Å². The number of anilines is 1. The Labute approximate surface area is 266 Å². The van der Waals surface area contributed by atoms with Crippen LogP contribution in [0.25, 0.3) is 50.0 Å². The summed E-state index contributed by atoms with van der Waals surface area (Å²) in [7, 11) is 0. The van der Waals surface area contributed by atoms with Gasteiger partial charge in [0.15, 0.2) is 17.8 Å². The molecule has 0 amide bonds. The van der Waals surface area contributed by atoms with Gasteiger partial charge in [0.25, 0.3) is 0 Å². The van der Waals surface area contributed by atoms with Crippen molar-refractivity contribution in [3.8, 4) is 22.8 Å². The Morgan fingerprint density at radius 3 is 2.09 bits per heavy atom. The molecule has 1 unspecified atom stereocenters. The first kappa shape index (κ1) is 26.3. The third-order valence-electron chi connectivity index (χ3n) is 8.76. The van der Waals surface area contributed by atoms with E-state index in [1.54, 1.807) is 0 Å². The zero-order valence-corrected chi connectivity index (χ0v) is 24.9. The normalized spacial score (nSPS) is 16.7. The van der Waals surface area contributed by atoms with Crippen molar-refractivity contribution >= 4 is 38.6 Å². The molecule has 0 spiro atoms. The van der Waals surface area contributed by atoms with Crippen LogP contribution < -0.4 is 20.7 Å². The number of nitrogens with one attached hydrogen (secondary N) is 3. The number of ether oxygens (including phenoxy) is 1. The lowest BCUT2D eigenvalue weighted by Crippen LogP contribution is -2.11. The highest BCUT2D eigenvalue weighted by Gasteiger charge is 2.28. The van der Waals surface area contributed by atoms with E-state index in [2.05, 4.69) is 124 Å². The maximum atomic E-state index is 6.60. The first-order valence-corrected chi connectivity index (χ1v) is 15.6. The van der Waals surface area contributed by atoms with Crippen LogP contribution in [-0.4, -0.2) is 27.6 Å². The molecule has 7 nitrogen and oxygen atoms in total. The van der Waals surface area contributed by atoms with Crippen molar-refractivity contribution in [1.29, 1.82) is 0 Å². The highest BCUT2D eigenvalue weighted by Crippen LogP contribution is 2.47. The Morgan fingerprint density at radius 2 is 1.39 bits per heavy atom. The number of hydrogen-bond acceptors (Lipinski definition) is 6. The van der Waals surface area contributed by atoms with Gasteiger partial charge in [-0.05, 0) is 84.2 Å². The highest BCUT2D eigenvalue weighted by atomic mass is 16.5. The second kappa shape index (κ2) is 10.8. The van der Waals surface area contributed by atoms with Gasteiger partial charge >= 0.3 is 0 Å². The Balaban J connectivity index is 1.13. The van der Waals surface area contributed by atoms with Crippen molar-refractivity contribution in [2.24, 2.45) is 0 Å². The zero-order chi connectivity index (χ0) is 30.5. The number of benzene rings is 4. The number of rotatable bonds is 5. The minimum atomic E-state index is -0.226. The molecule has 1 atom stereocenters. The second-order valence-corrected chi connectivity index (χ2v) is 11.6. The Morgan fingerprint density at radius 1 is 0.696 bits per heavy atom. The van der Waals surface area contributed by atoms with Crippen molar-refractivity contribution in [1.82, 2.24) is 25.2 Å². The van der Waals surface area contributed by atoms with E-state index in [4.69, 9.17) is 14.7 Å². The lowest BCUT2D eigenvalue weighted by atomic mass is 10.0. The van der Waals surface area contributed by atoms with Crippen LogP contribution in [0, 0.1) is 0 Å². The van der Waals surface area contributed by atoms with Gasteiger partial charge < -0.3 is 25.3 Å². The molecule has 0 fully saturated rings. The maximum Gasteiger partial charge on any atom is 0.196 e. The fraction of sp³-hybridized carbons (Fsp3) is 0.0769. The van der Waals surface area contributed by atoms with Crippen LogP contribution in [0.2, 0.25) is 0 Å². The van der Waals surface area contributed by atoms with E-state index < -0.39 is 0 Å². The molecular weight excluding hydrogens is 568 g/mol. The number of nitrogens with zero attached hydrogens (tertiary/aromatic N) is 3. The third kappa shape index (κ3) is 4.44. The number of fused-ring (bicyclic) bond motifs is 5. The van der Waals surface area contributed by atoms with Crippen molar-refractivity contribution in [3.63, 3.8) is 0 Å². The molecule has 0 saturated carbocycles. The summed E-state index contributed by atoms with van der Waals surface area (Å²) < 4.78 is 8.91. The van der Waals surface area contributed by atoms with Crippen molar-refractivity contribution in [2.45, 2.75) is 6.23 Å². The van der Waals surface area contributed by atoms with Gasteiger partial charge in [-0.3, -0.25) is 0 Å². The summed E-state index contributed by atoms with van der Waals surface area (Å²) in [6.07, 6.45) is 12.2. The van der Waals surface area contributed by atoms with Gasteiger partial charge in [0, 0.05) is 35.3 Å². The largest absolute Gasteiger partial charge is 0.464 e. The quantitative estimate of drug-likeness (QED) is 0.188. The summed E-state index contributed by atoms with van der Waals surface area (Å²) in [4.78, 5) is 10.1. The molecule has 7 heteroatoms. The minimum absolute atomic E-state index is 0.226. The summed E-state index contributed by atoms with van der Waals surface area (Å²) >= 11 is 0.